The van der Waals surface area contributed by atoms with Crippen LogP contribution >= 0.6 is 0 Å². The molecular weight excluding hydrogens is 258 g/mol. The van der Waals surface area contributed by atoms with E-state index >= 15 is 0 Å². The standard InChI is InChI=1S/C15H15NO4/c1-2-20-15(19)9-8-14(18)16-13(11-17)10-12-6-4-3-5-7-12/h3-11H,2H2,1H3,(H,16,18). The van der Waals surface area contributed by atoms with Crippen LogP contribution in [-0.2, 0) is 19.1 Å². The Balaban J connectivity index is 2.65. The van der Waals surface area contributed by atoms with E-state index in [0.29, 0.717) is 6.29 Å². The molecule has 0 unspecified atom stereocenters. The van der Waals surface area contributed by atoms with Crippen molar-refractivity contribution in [2.45, 2.75) is 6.92 Å². The van der Waals surface area contributed by atoms with Crippen LogP contribution in [-0.4, -0.2) is 24.8 Å². The second kappa shape index (κ2) is 8.42. The van der Waals surface area contributed by atoms with Gasteiger partial charge in [0.1, 0.15) is 0 Å². The van der Waals surface area contributed by atoms with Crippen molar-refractivity contribution in [1.82, 2.24) is 5.32 Å². The van der Waals surface area contributed by atoms with E-state index in [1.165, 1.54) is 6.08 Å². The first-order chi connectivity index (χ1) is 9.65. The van der Waals surface area contributed by atoms with Crippen molar-refractivity contribution in [3.8, 4) is 0 Å². The number of amides is 1. The first-order valence-electron chi connectivity index (χ1n) is 6.03. The Kier molecular flexibility index (Phi) is 6.47. The Morgan fingerprint density at radius 2 is 1.90 bits per heavy atom. The molecule has 20 heavy (non-hydrogen) atoms. The van der Waals surface area contributed by atoms with Crippen LogP contribution in [0.5, 0.6) is 0 Å². The van der Waals surface area contributed by atoms with E-state index in [1.54, 1.807) is 19.1 Å². The number of rotatable bonds is 6. The van der Waals surface area contributed by atoms with Gasteiger partial charge < -0.3 is 10.1 Å². The topological polar surface area (TPSA) is 72.5 Å². The summed E-state index contributed by atoms with van der Waals surface area (Å²) in [6.07, 6.45) is 4.08. The van der Waals surface area contributed by atoms with Crippen LogP contribution in [0.4, 0.5) is 0 Å². The highest BCUT2D eigenvalue weighted by Gasteiger charge is 2.02. The van der Waals surface area contributed by atoms with E-state index in [1.807, 2.05) is 18.2 Å². The maximum atomic E-state index is 11.5. The van der Waals surface area contributed by atoms with Crippen LogP contribution in [0.15, 0.2) is 48.2 Å². The number of carbonyl (C=O) groups excluding carboxylic acids is 3. The molecule has 0 saturated heterocycles. The second-order valence-electron chi connectivity index (χ2n) is 3.70. The number of aldehydes is 1. The maximum Gasteiger partial charge on any atom is 0.330 e. The lowest BCUT2D eigenvalue weighted by Gasteiger charge is -2.01. The van der Waals surface area contributed by atoms with Crippen LogP contribution in [0.3, 0.4) is 0 Å². The maximum absolute atomic E-state index is 11.5. The Bertz CT molecular complexity index is 532. The van der Waals surface area contributed by atoms with Crippen molar-refractivity contribution in [2.24, 2.45) is 0 Å². The van der Waals surface area contributed by atoms with Gasteiger partial charge in [-0.2, -0.15) is 0 Å². The lowest BCUT2D eigenvalue weighted by atomic mass is 10.2. The van der Waals surface area contributed by atoms with E-state index < -0.39 is 11.9 Å². The summed E-state index contributed by atoms with van der Waals surface area (Å²) in [5, 5.41) is 2.37. The third-order valence-electron chi connectivity index (χ3n) is 2.17. The average molecular weight is 273 g/mol. The van der Waals surface area contributed by atoms with Gasteiger partial charge in [0.25, 0.3) is 0 Å². The van der Waals surface area contributed by atoms with Gasteiger partial charge in [-0.15, -0.1) is 0 Å². The molecule has 0 bridgehead atoms. The first kappa shape index (κ1) is 15.4. The van der Waals surface area contributed by atoms with Gasteiger partial charge in [-0.3, -0.25) is 9.59 Å². The average Bonchev–Trinajstić information content (AvgIpc) is 2.46. The predicted molar refractivity (Wildman–Crippen MR) is 74.4 cm³/mol. The molecule has 5 nitrogen and oxygen atoms in total. The highest BCUT2D eigenvalue weighted by atomic mass is 16.5. The molecule has 0 heterocycles. The molecule has 1 aromatic carbocycles. The Morgan fingerprint density at radius 1 is 1.20 bits per heavy atom. The number of carbonyl (C=O) groups is 3. The fourth-order valence-corrected chi connectivity index (χ4v) is 1.35. The summed E-state index contributed by atoms with van der Waals surface area (Å²) in [5.41, 5.74) is 0.888. The summed E-state index contributed by atoms with van der Waals surface area (Å²) >= 11 is 0. The Hall–Kier alpha value is -2.69. The van der Waals surface area contributed by atoms with Gasteiger partial charge >= 0.3 is 5.97 Å². The number of hydrogen-bond acceptors (Lipinski definition) is 4. The van der Waals surface area contributed by atoms with Crippen LogP contribution in [0.1, 0.15) is 12.5 Å². The van der Waals surface area contributed by atoms with Crippen LogP contribution in [0, 0.1) is 0 Å². The fraction of sp³-hybridized carbons (Fsp3) is 0.133. The van der Waals surface area contributed by atoms with E-state index in [2.05, 4.69) is 10.1 Å². The van der Waals surface area contributed by atoms with Crippen molar-refractivity contribution in [3.05, 3.63) is 53.7 Å². The molecule has 1 N–H and O–H groups in total. The van der Waals surface area contributed by atoms with E-state index in [-0.39, 0.29) is 12.3 Å². The van der Waals surface area contributed by atoms with Crippen molar-refractivity contribution in [3.63, 3.8) is 0 Å². The summed E-state index contributed by atoms with van der Waals surface area (Å²) < 4.78 is 4.63. The minimum atomic E-state index is -0.609. The molecule has 0 aliphatic rings. The van der Waals surface area contributed by atoms with Crippen LogP contribution in [0.2, 0.25) is 0 Å². The van der Waals surface area contributed by atoms with Crippen LogP contribution < -0.4 is 5.32 Å². The monoisotopic (exact) mass is 273 g/mol. The van der Waals surface area contributed by atoms with Gasteiger partial charge in [0, 0.05) is 12.2 Å². The molecule has 0 aromatic heterocycles. The van der Waals surface area contributed by atoms with Crippen molar-refractivity contribution >= 4 is 24.2 Å². The number of hydrogen-bond donors (Lipinski definition) is 1. The third-order valence-corrected chi connectivity index (χ3v) is 2.17. The molecule has 0 aliphatic carbocycles. The zero-order valence-electron chi connectivity index (χ0n) is 11.0. The van der Waals surface area contributed by atoms with E-state index in [4.69, 9.17) is 0 Å². The molecule has 1 amide bonds. The fourth-order valence-electron chi connectivity index (χ4n) is 1.35. The number of nitrogens with one attached hydrogen (secondary N) is 1. The van der Waals surface area contributed by atoms with E-state index in [0.717, 1.165) is 17.7 Å². The minimum absolute atomic E-state index is 0.106. The predicted octanol–water partition coefficient (Wildman–Crippen LogP) is 1.46. The molecule has 0 fully saturated rings. The van der Waals surface area contributed by atoms with Gasteiger partial charge in [-0.1, -0.05) is 30.3 Å². The molecule has 0 spiro atoms. The summed E-state index contributed by atoms with van der Waals surface area (Å²) in [6, 6.07) is 9.07. The van der Waals surface area contributed by atoms with Gasteiger partial charge in [0.15, 0.2) is 6.29 Å². The molecule has 0 atom stereocenters. The minimum Gasteiger partial charge on any atom is -0.463 e. The Labute approximate surface area is 116 Å². The molecule has 5 heteroatoms. The summed E-state index contributed by atoms with van der Waals surface area (Å²) in [7, 11) is 0. The van der Waals surface area contributed by atoms with Gasteiger partial charge in [0.05, 0.1) is 12.3 Å². The number of allylic oxidation sites excluding steroid dienone is 1. The Morgan fingerprint density at radius 3 is 2.50 bits per heavy atom. The highest BCUT2D eigenvalue weighted by Crippen LogP contribution is 2.03. The zero-order valence-corrected chi connectivity index (χ0v) is 11.0. The van der Waals surface area contributed by atoms with E-state index in [9.17, 15) is 14.4 Å². The summed E-state index contributed by atoms with van der Waals surface area (Å²) in [5.74, 6) is -1.19. The van der Waals surface area contributed by atoms with Gasteiger partial charge in [0.2, 0.25) is 5.91 Å². The van der Waals surface area contributed by atoms with Crippen molar-refractivity contribution in [2.75, 3.05) is 6.61 Å². The largest absolute Gasteiger partial charge is 0.463 e. The molecule has 0 radical (unpaired) electrons. The quantitative estimate of drug-likeness (QED) is 0.484. The van der Waals surface area contributed by atoms with Crippen molar-refractivity contribution < 1.29 is 19.1 Å². The van der Waals surface area contributed by atoms with Crippen LogP contribution in [0.25, 0.3) is 6.08 Å². The smallest absolute Gasteiger partial charge is 0.330 e. The van der Waals surface area contributed by atoms with Crippen molar-refractivity contribution in [1.29, 1.82) is 0 Å². The lowest BCUT2D eigenvalue weighted by Crippen LogP contribution is -2.21. The molecule has 0 saturated carbocycles. The van der Waals surface area contributed by atoms with Gasteiger partial charge in [-0.25, -0.2) is 4.79 Å². The molecular formula is C15H15NO4. The lowest BCUT2D eigenvalue weighted by molar-refractivity contribution is -0.137. The molecule has 0 aliphatic heterocycles. The number of ether oxygens (including phenoxy) is 1. The summed E-state index contributed by atoms with van der Waals surface area (Å²) in [6.45, 7) is 1.90. The molecule has 1 aromatic rings. The van der Waals surface area contributed by atoms with Gasteiger partial charge in [-0.05, 0) is 18.6 Å². The zero-order chi connectivity index (χ0) is 14.8. The summed E-state index contributed by atoms with van der Waals surface area (Å²) in [4.78, 5) is 33.4. The number of esters is 1. The molecule has 1 rings (SSSR count). The third kappa shape index (κ3) is 5.77. The highest BCUT2D eigenvalue weighted by molar-refractivity contribution is 5.98. The number of benzene rings is 1. The SMILES string of the molecule is CCOC(=O)C=CC(=O)NC(C=O)=Cc1ccccc1. The second-order valence-corrected chi connectivity index (χ2v) is 3.70. The molecule has 104 valence electrons. The normalized spacial score (nSPS) is 11.2. The first-order valence-corrected chi connectivity index (χ1v) is 6.03.